The third kappa shape index (κ3) is 27.8. The number of carboxylic acids is 4. The fourth-order valence-corrected chi connectivity index (χ4v) is 0.736. The number of hydrogen-bond acceptors (Lipinski definition) is 8. The maximum Gasteiger partial charge on any atom is 2.00 e. The predicted octanol–water partition coefficient (Wildman–Crippen LogP) is -2.69. The van der Waals surface area contributed by atoms with Gasteiger partial charge in [-0.15, -0.1) is 0 Å². The molecule has 0 amide bonds. The third-order valence-electron chi connectivity index (χ3n) is 1.27. The van der Waals surface area contributed by atoms with E-state index in [1.54, 1.807) is 0 Å². The zero-order valence-electron chi connectivity index (χ0n) is 11.2. The largest absolute Gasteiger partial charge is 2.00 e. The molecule has 0 rings (SSSR count). The molecule has 0 aliphatic carbocycles. The van der Waals surface area contributed by atoms with E-state index >= 15 is 0 Å². The topological polar surface area (TPSA) is 196 Å². The first kappa shape index (κ1) is 29.6. The van der Waals surface area contributed by atoms with Crippen molar-refractivity contribution >= 4 is 61.6 Å². The summed E-state index contributed by atoms with van der Waals surface area (Å²) < 4.78 is 0. The molecule has 0 aliphatic heterocycles. The van der Waals surface area contributed by atoms with Crippen molar-refractivity contribution in [1.82, 2.24) is 10.1 Å². The van der Waals surface area contributed by atoms with Crippen molar-refractivity contribution < 1.29 is 68.6 Å². The van der Waals surface area contributed by atoms with Crippen LogP contribution in [0.5, 0.6) is 0 Å². The Kier molecular flexibility index (Phi) is 22.7. The summed E-state index contributed by atoms with van der Waals surface area (Å²) in [6.07, 6.45) is 0. The Hall–Kier alpha value is -0.436. The van der Waals surface area contributed by atoms with Gasteiger partial charge in [0.15, 0.2) is 0 Å². The van der Waals surface area contributed by atoms with E-state index in [1.165, 1.54) is 0 Å². The second-order valence-corrected chi connectivity index (χ2v) is 3.22. The van der Waals surface area contributed by atoms with E-state index in [9.17, 15) is 19.2 Å². The summed E-state index contributed by atoms with van der Waals surface area (Å²) in [6, 6.07) is 0. The van der Waals surface area contributed by atoms with Gasteiger partial charge in [0.2, 0.25) is 0 Å². The van der Waals surface area contributed by atoms with Crippen LogP contribution in [0, 0.1) is 0 Å². The SMILES string of the molecule is O=C(O)CN(O)CC(=O)O.O=C(O)CN(O)CC(=O)O.[Ca+2].[V]. The number of nitrogens with zero attached hydrogens (tertiary/aromatic N) is 2. The van der Waals surface area contributed by atoms with Crippen molar-refractivity contribution in [2.24, 2.45) is 0 Å². The van der Waals surface area contributed by atoms with E-state index in [2.05, 4.69) is 0 Å². The van der Waals surface area contributed by atoms with Crippen LogP contribution < -0.4 is 0 Å². The summed E-state index contributed by atoms with van der Waals surface area (Å²) in [5, 5.41) is 49.3. The van der Waals surface area contributed by atoms with Crippen molar-refractivity contribution in [3.8, 4) is 0 Å². The maximum atomic E-state index is 9.80. The molecule has 0 saturated heterocycles. The van der Waals surface area contributed by atoms with Crippen LogP contribution in [0.25, 0.3) is 0 Å². The van der Waals surface area contributed by atoms with Gasteiger partial charge >= 0.3 is 61.6 Å². The molecule has 0 spiro atoms. The molecule has 0 aromatic heterocycles. The summed E-state index contributed by atoms with van der Waals surface area (Å²) in [6.45, 7) is -2.75. The van der Waals surface area contributed by atoms with Crippen LogP contribution in [0.2, 0.25) is 0 Å². The van der Waals surface area contributed by atoms with E-state index in [0.717, 1.165) is 0 Å². The molecule has 0 saturated carbocycles. The van der Waals surface area contributed by atoms with Crippen molar-refractivity contribution in [2.75, 3.05) is 26.2 Å². The van der Waals surface area contributed by atoms with Gasteiger partial charge < -0.3 is 30.8 Å². The van der Waals surface area contributed by atoms with Gasteiger partial charge in [0.05, 0.1) is 0 Å². The van der Waals surface area contributed by atoms with Gasteiger partial charge in [-0.2, -0.15) is 10.1 Å². The first-order chi connectivity index (χ1) is 9.04. The monoisotopic (exact) mass is 389 g/mol. The Morgan fingerprint density at radius 3 is 0.818 bits per heavy atom. The molecule has 14 heteroatoms. The van der Waals surface area contributed by atoms with Crippen LogP contribution in [-0.2, 0) is 37.7 Å². The van der Waals surface area contributed by atoms with Gasteiger partial charge in [-0.3, -0.25) is 19.2 Å². The number of aliphatic carboxylic acids is 4. The summed E-state index contributed by atoms with van der Waals surface area (Å²) in [5.74, 6) is -5.10. The van der Waals surface area contributed by atoms with Crippen molar-refractivity contribution in [3.63, 3.8) is 0 Å². The van der Waals surface area contributed by atoms with Crippen LogP contribution in [0.4, 0.5) is 0 Å². The Morgan fingerprint density at radius 1 is 0.591 bits per heavy atom. The average molecular weight is 389 g/mol. The van der Waals surface area contributed by atoms with Crippen molar-refractivity contribution in [2.45, 2.75) is 0 Å². The molecule has 12 nitrogen and oxygen atoms in total. The second-order valence-electron chi connectivity index (χ2n) is 3.22. The van der Waals surface area contributed by atoms with Crippen molar-refractivity contribution in [1.29, 1.82) is 0 Å². The van der Waals surface area contributed by atoms with E-state index in [0.29, 0.717) is 0 Å². The zero-order chi connectivity index (χ0) is 16.3. The molecule has 0 bridgehead atoms. The molecule has 0 aromatic rings. The van der Waals surface area contributed by atoms with Crippen molar-refractivity contribution in [3.05, 3.63) is 0 Å². The molecular formula is C8H14CaN2O10V+2. The average Bonchev–Trinajstić information content (AvgIpc) is 2.11. The van der Waals surface area contributed by atoms with Crippen LogP contribution in [0.15, 0.2) is 0 Å². The van der Waals surface area contributed by atoms with Gasteiger partial charge in [-0.25, -0.2) is 0 Å². The van der Waals surface area contributed by atoms with Crippen LogP contribution in [-0.4, -0.2) is 129 Å². The minimum Gasteiger partial charge on any atom is -0.480 e. The molecule has 0 aromatic carbocycles. The molecule has 0 fully saturated rings. The third-order valence-corrected chi connectivity index (χ3v) is 1.27. The summed E-state index contributed by atoms with van der Waals surface area (Å²) in [7, 11) is 0. The minimum atomic E-state index is -1.27. The summed E-state index contributed by atoms with van der Waals surface area (Å²) in [4.78, 5) is 39.2. The Balaban J connectivity index is -0.000000135. The molecule has 6 N–H and O–H groups in total. The van der Waals surface area contributed by atoms with Gasteiger partial charge in [-0.1, -0.05) is 0 Å². The van der Waals surface area contributed by atoms with Crippen LogP contribution in [0.1, 0.15) is 0 Å². The van der Waals surface area contributed by atoms with Gasteiger partial charge in [0, 0.05) is 18.6 Å². The van der Waals surface area contributed by atoms with E-state index in [1.807, 2.05) is 0 Å². The molecule has 0 heterocycles. The van der Waals surface area contributed by atoms with Gasteiger partial charge in [0.25, 0.3) is 0 Å². The molecular weight excluding hydrogens is 375 g/mol. The number of carboxylic acid groups (broad SMARTS) is 4. The molecule has 0 unspecified atom stereocenters. The van der Waals surface area contributed by atoms with E-state index < -0.39 is 50.1 Å². The summed E-state index contributed by atoms with van der Waals surface area (Å²) >= 11 is 0. The Bertz CT molecular complexity index is 303. The predicted molar refractivity (Wildman–Crippen MR) is 63.0 cm³/mol. The first-order valence-electron chi connectivity index (χ1n) is 4.79. The number of hydroxylamine groups is 4. The van der Waals surface area contributed by atoms with E-state index in [-0.39, 0.29) is 66.4 Å². The molecule has 121 valence electrons. The zero-order valence-corrected chi connectivity index (χ0v) is 14.8. The molecule has 1 radical (unpaired) electrons. The fourth-order valence-electron chi connectivity index (χ4n) is 0.736. The van der Waals surface area contributed by atoms with Gasteiger partial charge in [-0.05, 0) is 0 Å². The van der Waals surface area contributed by atoms with Crippen LogP contribution in [0.3, 0.4) is 0 Å². The summed E-state index contributed by atoms with van der Waals surface area (Å²) in [5.41, 5.74) is 0. The quantitative estimate of drug-likeness (QED) is 0.186. The Morgan fingerprint density at radius 2 is 0.727 bits per heavy atom. The standard InChI is InChI=1S/2C4H7NO5.Ca.V/c2*6-3(7)1-5(10)2-4(8)9;;/h2*10H,1-2H2,(H,6,7)(H,8,9);;/q;;+2;. The number of rotatable bonds is 8. The molecule has 22 heavy (non-hydrogen) atoms. The first-order valence-corrected chi connectivity index (χ1v) is 4.79. The normalized spacial score (nSPS) is 8.91. The molecule has 0 atom stereocenters. The van der Waals surface area contributed by atoms with Crippen LogP contribution >= 0.6 is 0 Å². The van der Waals surface area contributed by atoms with E-state index in [4.69, 9.17) is 30.8 Å². The fraction of sp³-hybridized carbons (Fsp3) is 0.500. The number of hydrogen-bond donors (Lipinski definition) is 6. The maximum absolute atomic E-state index is 9.80. The Labute approximate surface area is 165 Å². The van der Waals surface area contributed by atoms with Gasteiger partial charge in [0.1, 0.15) is 26.2 Å². The smallest absolute Gasteiger partial charge is 0.480 e. The number of carbonyl (C=O) groups is 4. The second kappa shape index (κ2) is 16.9. The molecule has 0 aliphatic rings. The minimum absolute atomic E-state index is 0.